The van der Waals surface area contributed by atoms with E-state index in [1.807, 2.05) is 18.2 Å². The Labute approximate surface area is 179 Å². The highest BCUT2D eigenvalue weighted by molar-refractivity contribution is 14.0. The molecule has 0 bridgehead atoms. The standard InChI is InChI=1S/C18H28Cl2N4.HI/c1-4-21-18(22-11-15-6-5-9-23(2)12-15)24(3)13-14-7-8-16(19)17(20)10-14;/h7-8,10,15H,4-6,9,11-13H2,1-3H3,(H,21,22);1H. The normalized spacial score (nSPS) is 18.6. The summed E-state index contributed by atoms with van der Waals surface area (Å²) in [6.45, 7) is 6.91. The maximum absolute atomic E-state index is 6.11. The van der Waals surface area contributed by atoms with Gasteiger partial charge in [0.15, 0.2) is 5.96 Å². The number of nitrogens with zero attached hydrogens (tertiary/aromatic N) is 3. The van der Waals surface area contributed by atoms with Crippen molar-refractivity contribution < 1.29 is 0 Å². The Morgan fingerprint density at radius 3 is 2.76 bits per heavy atom. The average molecular weight is 499 g/mol. The molecule has 142 valence electrons. The predicted octanol–water partition coefficient (Wildman–Crippen LogP) is 4.35. The van der Waals surface area contributed by atoms with Gasteiger partial charge in [-0.15, -0.1) is 24.0 Å². The van der Waals surface area contributed by atoms with Crippen LogP contribution in [0.4, 0.5) is 0 Å². The molecule has 1 N–H and O–H groups in total. The highest BCUT2D eigenvalue weighted by Gasteiger charge is 2.17. The van der Waals surface area contributed by atoms with Gasteiger partial charge in [-0.2, -0.15) is 0 Å². The van der Waals surface area contributed by atoms with Gasteiger partial charge in [-0.3, -0.25) is 4.99 Å². The summed E-state index contributed by atoms with van der Waals surface area (Å²) in [7, 11) is 4.24. The molecule has 0 aromatic heterocycles. The molecular formula is C18H29Cl2IN4. The lowest BCUT2D eigenvalue weighted by molar-refractivity contribution is 0.214. The number of nitrogens with one attached hydrogen (secondary N) is 1. The van der Waals surface area contributed by atoms with Crippen molar-refractivity contribution in [2.24, 2.45) is 10.9 Å². The van der Waals surface area contributed by atoms with Crippen LogP contribution in [-0.4, -0.2) is 56.0 Å². The molecule has 4 nitrogen and oxygen atoms in total. The number of guanidine groups is 1. The number of piperidine rings is 1. The van der Waals surface area contributed by atoms with Crippen LogP contribution in [0.15, 0.2) is 23.2 Å². The number of aliphatic imine (C=N–C) groups is 1. The average Bonchev–Trinajstić information content (AvgIpc) is 2.55. The third-order valence-electron chi connectivity index (χ3n) is 4.32. The van der Waals surface area contributed by atoms with Gasteiger partial charge in [0.05, 0.1) is 10.0 Å². The molecule has 1 saturated heterocycles. The molecule has 1 heterocycles. The molecular weight excluding hydrogens is 470 g/mol. The smallest absolute Gasteiger partial charge is 0.193 e. The lowest BCUT2D eigenvalue weighted by atomic mass is 9.99. The third kappa shape index (κ3) is 7.49. The van der Waals surface area contributed by atoms with Gasteiger partial charge in [0, 0.05) is 33.2 Å². The molecule has 1 unspecified atom stereocenters. The van der Waals surface area contributed by atoms with Gasteiger partial charge < -0.3 is 15.1 Å². The first-order chi connectivity index (χ1) is 11.5. The molecule has 0 spiro atoms. The van der Waals surface area contributed by atoms with E-state index in [1.54, 1.807) is 0 Å². The Balaban J connectivity index is 0.00000312. The second-order valence-electron chi connectivity index (χ2n) is 6.57. The summed E-state index contributed by atoms with van der Waals surface area (Å²) in [6, 6.07) is 5.76. The van der Waals surface area contributed by atoms with Crippen molar-refractivity contribution >= 4 is 53.1 Å². The highest BCUT2D eigenvalue weighted by Crippen LogP contribution is 2.23. The molecule has 7 heteroatoms. The van der Waals surface area contributed by atoms with Crippen molar-refractivity contribution in [3.8, 4) is 0 Å². The number of likely N-dealkylation sites (tertiary alicyclic amines) is 1. The van der Waals surface area contributed by atoms with Crippen LogP contribution < -0.4 is 5.32 Å². The fourth-order valence-corrected chi connectivity index (χ4v) is 3.41. The number of rotatable bonds is 5. The first kappa shape index (κ1) is 22.8. The summed E-state index contributed by atoms with van der Waals surface area (Å²) in [6.07, 6.45) is 2.54. The summed E-state index contributed by atoms with van der Waals surface area (Å²) in [5.74, 6) is 1.59. The van der Waals surface area contributed by atoms with Crippen LogP contribution in [0.5, 0.6) is 0 Å². The van der Waals surface area contributed by atoms with Gasteiger partial charge in [0.2, 0.25) is 0 Å². The number of hydrogen-bond acceptors (Lipinski definition) is 2. The minimum atomic E-state index is 0. The lowest BCUT2D eigenvalue weighted by Crippen LogP contribution is -2.39. The Bertz CT molecular complexity index is 568. The van der Waals surface area contributed by atoms with E-state index in [2.05, 4.69) is 36.1 Å². The molecule has 2 rings (SSSR count). The minimum absolute atomic E-state index is 0. The Hall–Kier alpha value is -0.240. The van der Waals surface area contributed by atoms with Crippen LogP contribution in [0.2, 0.25) is 10.0 Å². The summed E-state index contributed by atoms with van der Waals surface area (Å²) < 4.78 is 0. The van der Waals surface area contributed by atoms with E-state index < -0.39 is 0 Å². The van der Waals surface area contributed by atoms with Gasteiger partial charge in [0.25, 0.3) is 0 Å². The van der Waals surface area contributed by atoms with Crippen LogP contribution in [0.25, 0.3) is 0 Å². The van der Waals surface area contributed by atoms with Crippen molar-refractivity contribution in [1.29, 1.82) is 0 Å². The Kier molecular flexibility index (Phi) is 10.5. The van der Waals surface area contributed by atoms with Gasteiger partial charge in [-0.25, -0.2) is 0 Å². The predicted molar refractivity (Wildman–Crippen MR) is 120 cm³/mol. The van der Waals surface area contributed by atoms with Crippen LogP contribution >= 0.6 is 47.2 Å². The molecule has 0 aliphatic carbocycles. The first-order valence-corrected chi connectivity index (χ1v) is 9.37. The van der Waals surface area contributed by atoms with Crippen molar-refractivity contribution in [1.82, 2.24) is 15.1 Å². The fourth-order valence-electron chi connectivity index (χ4n) is 3.09. The zero-order valence-corrected chi connectivity index (χ0v) is 19.1. The van der Waals surface area contributed by atoms with E-state index in [9.17, 15) is 0 Å². The van der Waals surface area contributed by atoms with Crippen LogP contribution in [0.3, 0.4) is 0 Å². The summed E-state index contributed by atoms with van der Waals surface area (Å²) in [4.78, 5) is 9.39. The Morgan fingerprint density at radius 2 is 2.12 bits per heavy atom. The topological polar surface area (TPSA) is 30.9 Å². The molecule has 1 fully saturated rings. The van der Waals surface area contributed by atoms with Crippen molar-refractivity contribution in [2.75, 3.05) is 40.3 Å². The number of benzene rings is 1. The van der Waals surface area contributed by atoms with E-state index >= 15 is 0 Å². The zero-order valence-electron chi connectivity index (χ0n) is 15.3. The quantitative estimate of drug-likeness (QED) is 0.372. The van der Waals surface area contributed by atoms with E-state index in [-0.39, 0.29) is 24.0 Å². The molecule has 0 amide bonds. The SMILES string of the molecule is CCNC(=NCC1CCCN(C)C1)N(C)Cc1ccc(Cl)c(Cl)c1.I. The molecule has 0 radical (unpaired) electrons. The number of halogens is 3. The van der Waals surface area contributed by atoms with Crippen LogP contribution in [-0.2, 0) is 6.54 Å². The van der Waals surface area contributed by atoms with Crippen molar-refractivity contribution in [3.05, 3.63) is 33.8 Å². The molecule has 0 saturated carbocycles. The van der Waals surface area contributed by atoms with E-state index in [4.69, 9.17) is 28.2 Å². The summed E-state index contributed by atoms with van der Waals surface area (Å²) in [5, 5.41) is 4.56. The van der Waals surface area contributed by atoms with Gasteiger partial charge >= 0.3 is 0 Å². The molecule has 1 aromatic rings. The monoisotopic (exact) mass is 498 g/mol. The Morgan fingerprint density at radius 1 is 1.36 bits per heavy atom. The molecule has 1 atom stereocenters. The maximum atomic E-state index is 6.11. The molecule has 1 aromatic carbocycles. The maximum Gasteiger partial charge on any atom is 0.193 e. The fraction of sp³-hybridized carbons (Fsp3) is 0.611. The highest BCUT2D eigenvalue weighted by atomic mass is 127. The number of hydrogen-bond donors (Lipinski definition) is 1. The van der Waals surface area contributed by atoms with Gasteiger partial charge in [-0.05, 0) is 57.0 Å². The van der Waals surface area contributed by atoms with E-state index in [1.165, 1.54) is 19.4 Å². The second-order valence-corrected chi connectivity index (χ2v) is 7.38. The van der Waals surface area contributed by atoms with Gasteiger partial charge in [0.1, 0.15) is 0 Å². The molecule has 25 heavy (non-hydrogen) atoms. The van der Waals surface area contributed by atoms with Crippen molar-refractivity contribution in [3.63, 3.8) is 0 Å². The largest absolute Gasteiger partial charge is 0.357 e. The van der Waals surface area contributed by atoms with Crippen LogP contribution in [0.1, 0.15) is 25.3 Å². The second kappa shape index (κ2) is 11.5. The van der Waals surface area contributed by atoms with E-state index in [0.717, 1.165) is 37.7 Å². The lowest BCUT2D eigenvalue weighted by Gasteiger charge is -2.29. The third-order valence-corrected chi connectivity index (χ3v) is 5.06. The molecule has 1 aliphatic rings. The zero-order chi connectivity index (χ0) is 17.5. The summed E-state index contributed by atoms with van der Waals surface area (Å²) >= 11 is 12.1. The van der Waals surface area contributed by atoms with Crippen LogP contribution in [0, 0.1) is 5.92 Å². The summed E-state index contributed by atoms with van der Waals surface area (Å²) in [5.41, 5.74) is 1.12. The van der Waals surface area contributed by atoms with E-state index in [0.29, 0.717) is 16.0 Å². The van der Waals surface area contributed by atoms with Crippen molar-refractivity contribution in [2.45, 2.75) is 26.3 Å². The minimum Gasteiger partial charge on any atom is -0.357 e. The first-order valence-electron chi connectivity index (χ1n) is 8.61. The molecule has 1 aliphatic heterocycles. The van der Waals surface area contributed by atoms with Gasteiger partial charge in [-0.1, -0.05) is 29.3 Å².